The molecule has 0 aromatic heterocycles. The van der Waals surface area contributed by atoms with E-state index >= 15 is 0 Å². The molecule has 4 heteroatoms. The van der Waals surface area contributed by atoms with Crippen molar-refractivity contribution >= 4 is 5.97 Å². The number of methoxy groups -OCH3 is 1. The predicted octanol–water partition coefficient (Wildman–Crippen LogP) is 1.33. The standard InChI is InChI=1S/C12H23NO3/c1-8-4-9(2)6-10(5-8)16-12(14)11(13)7-15-3/h8-11H,4-7,13H2,1-3H3. The summed E-state index contributed by atoms with van der Waals surface area (Å²) < 4.78 is 10.2. The monoisotopic (exact) mass is 229 g/mol. The largest absolute Gasteiger partial charge is 0.461 e. The number of carbonyl (C=O) groups excluding carboxylic acids is 1. The van der Waals surface area contributed by atoms with E-state index in [9.17, 15) is 4.79 Å². The van der Waals surface area contributed by atoms with Crippen LogP contribution in [-0.4, -0.2) is 31.8 Å². The Bertz CT molecular complexity index is 222. The molecule has 0 aromatic rings. The van der Waals surface area contributed by atoms with Crippen LogP contribution in [0.3, 0.4) is 0 Å². The van der Waals surface area contributed by atoms with E-state index in [1.54, 1.807) is 0 Å². The maximum absolute atomic E-state index is 11.6. The van der Waals surface area contributed by atoms with Gasteiger partial charge >= 0.3 is 5.97 Å². The first-order valence-electron chi connectivity index (χ1n) is 5.98. The van der Waals surface area contributed by atoms with E-state index in [1.165, 1.54) is 13.5 Å². The van der Waals surface area contributed by atoms with Crippen molar-refractivity contribution in [3.05, 3.63) is 0 Å². The van der Waals surface area contributed by atoms with Gasteiger partial charge in [0.05, 0.1) is 6.61 Å². The number of carbonyl (C=O) groups is 1. The maximum atomic E-state index is 11.6. The smallest absolute Gasteiger partial charge is 0.325 e. The molecule has 16 heavy (non-hydrogen) atoms. The first kappa shape index (κ1) is 13.5. The molecule has 2 N–H and O–H groups in total. The van der Waals surface area contributed by atoms with Crippen molar-refractivity contribution in [1.29, 1.82) is 0 Å². The fourth-order valence-electron chi connectivity index (χ4n) is 2.47. The van der Waals surface area contributed by atoms with Gasteiger partial charge in [-0.15, -0.1) is 0 Å². The number of nitrogens with two attached hydrogens (primary N) is 1. The molecule has 0 bridgehead atoms. The summed E-state index contributed by atoms with van der Waals surface area (Å²) in [5.74, 6) is 0.911. The number of hydrogen-bond donors (Lipinski definition) is 1. The van der Waals surface area contributed by atoms with Gasteiger partial charge in [-0.3, -0.25) is 4.79 Å². The Balaban J connectivity index is 2.38. The third-order valence-corrected chi connectivity index (χ3v) is 3.07. The van der Waals surface area contributed by atoms with Gasteiger partial charge in [0, 0.05) is 7.11 Å². The van der Waals surface area contributed by atoms with Gasteiger partial charge in [0.2, 0.25) is 0 Å². The first-order chi connectivity index (χ1) is 7.52. The zero-order valence-electron chi connectivity index (χ0n) is 10.4. The lowest BCUT2D eigenvalue weighted by atomic mass is 9.82. The van der Waals surface area contributed by atoms with Gasteiger partial charge in [-0.25, -0.2) is 0 Å². The summed E-state index contributed by atoms with van der Waals surface area (Å²) in [6.45, 7) is 4.62. The second-order valence-electron chi connectivity index (χ2n) is 5.04. The lowest BCUT2D eigenvalue weighted by Gasteiger charge is -2.31. The van der Waals surface area contributed by atoms with Crippen molar-refractivity contribution < 1.29 is 14.3 Å². The molecule has 0 aromatic carbocycles. The molecular formula is C12H23NO3. The predicted molar refractivity (Wildman–Crippen MR) is 61.9 cm³/mol. The molecule has 0 spiro atoms. The normalized spacial score (nSPS) is 32.1. The van der Waals surface area contributed by atoms with Gasteiger partial charge < -0.3 is 15.2 Å². The summed E-state index contributed by atoms with van der Waals surface area (Å²) in [5.41, 5.74) is 5.61. The Hall–Kier alpha value is -0.610. The van der Waals surface area contributed by atoms with Gasteiger partial charge in [-0.1, -0.05) is 13.8 Å². The highest BCUT2D eigenvalue weighted by Gasteiger charge is 2.28. The fourth-order valence-corrected chi connectivity index (χ4v) is 2.47. The zero-order valence-corrected chi connectivity index (χ0v) is 10.4. The Kier molecular flexibility index (Phi) is 5.22. The maximum Gasteiger partial charge on any atom is 0.325 e. The van der Waals surface area contributed by atoms with Crippen molar-refractivity contribution in [2.45, 2.75) is 45.3 Å². The lowest BCUT2D eigenvalue weighted by Crippen LogP contribution is -2.40. The van der Waals surface area contributed by atoms with E-state index in [-0.39, 0.29) is 18.7 Å². The van der Waals surface area contributed by atoms with Crippen LogP contribution in [0.25, 0.3) is 0 Å². The van der Waals surface area contributed by atoms with Crippen LogP contribution in [0.15, 0.2) is 0 Å². The van der Waals surface area contributed by atoms with Gasteiger partial charge in [-0.2, -0.15) is 0 Å². The molecule has 3 atom stereocenters. The minimum absolute atomic E-state index is 0.0363. The molecule has 1 aliphatic carbocycles. The third-order valence-electron chi connectivity index (χ3n) is 3.07. The molecule has 0 amide bonds. The van der Waals surface area contributed by atoms with Crippen LogP contribution in [-0.2, 0) is 14.3 Å². The lowest BCUT2D eigenvalue weighted by molar-refractivity contribution is -0.154. The highest BCUT2D eigenvalue weighted by molar-refractivity contribution is 5.75. The average Bonchev–Trinajstić information content (AvgIpc) is 2.16. The third kappa shape index (κ3) is 4.10. The summed E-state index contributed by atoms with van der Waals surface area (Å²) in [5, 5.41) is 0. The van der Waals surface area contributed by atoms with Crippen LogP contribution in [0.4, 0.5) is 0 Å². The van der Waals surface area contributed by atoms with Crippen LogP contribution in [0.5, 0.6) is 0 Å². The van der Waals surface area contributed by atoms with E-state index in [1.807, 2.05) is 0 Å². The molecule has 94 valence electrons. The average molecular weight is 229 g/mol. The number of esters is 1. The van der Waals surface area contributed by atoms with Gasteiger partial charge in [-0.05, 0) is 31.1 Å². The van der Waals surface area contributed by atoms with E-state index in [2.05, 4.69) is 13.8 Å². The zero-order chi connectivity index (χ0) is 12.1. The SMILES string of the molecule is COCC(N)C(=O)OC1CC(C)CC(C)C1. The van der Waals surface area contributed by atoms with E-state index in [4.69, 9.17) is 15.2 Å². The van der Waals surface area contributed by atoms with Crippen molar-refractivity contribution in [2.75, 3.05) is 13.7 Å². The highest BCUT2D eigenvalue weighted by atomic mass is 16.5. The van der Waals surface area contributed by atoms with E-state index < -0.39 is 6.04 Å². The molecule has 0 radical (unpaired) electrons. The van der Waals surface area contributed by atoms with Crippen LogP contribution in [0.1, 0.15) is 33.1 Å². The molecular weight excluding hydrogens is 206 g/mol. The quantitative estimate of drug-likeness (QED) is 0.739. The van der Waals surface area contributed by atoms with Gasteiger partial charge in [0.15, 0.2) is 0 Å². The summed E-state index contributed by atoms with van der Waals surface area (Å²) in [6, 6.07) is -0.655. The number of hydrogen-bond acceptors (Lipinski definition) is 4. The van der Waals surface area contributed by atoms with Crippen molar-refractivity contribution in [3.8, 4) is 0 Å². The van der Waals surface area contributed by atoms with Crippen LogP contribution < -0.4 is 5.73 Å². The van der Waals surface area contributed by atoms with Crippen molar-refractivity contribution in [1.82, 2.24) is 0 Å². The summed E-state index contributed by atoms with van der Waals surface area (Å²) in [7, 11) is 1.53. The van der Waals surface area contributed by atoms with E-state index in [0.717, 1.165) is 12.8 Å². The molecule has 1 saturated carbocycles. The Morgan fingerprint density at radius 3 is 2.38 bits per heavy atom. The van der Waals surface area contributed by atoms with Crippen molar-refractivity contribution in [3.63, 3.8) is 0 Å². The molecule has 1 fully saturated rings. The molecule has 0 heterocycles. The fraction of sp³-hybridized carbons (Fsp3) is 0.917. The summed E-state index contributed by atoms with van der Waals surface area (Å²) >= 11 is 0. The molecule has 0 saturated heterocycles. The van der Waals surface area contributed by atoms with Crippen LogP contribution in [0.2, 0.25) is 0 Å². The van der Waals surface area contributed by atoms with Gasteiger partial charge in [0.1, 0.15) is 12.1 Å². The molecule has 3 unspecified atom stereocenters. The number of rotatable bonds is 4. The topological polar surface area (TPSA) is 61.5 Å². The molecule has 4 nitrogen and oxygen atoms in total. The van der Waals surface area contributed by atoms with Crippen LogP contribution >= 0.6 is 0 Å². The second kappa shape index (κ2) is 6.21. The first-order valence-corrected chi connectivity index (χ1v) is 5.98. The minimum Gasteiger partial charge on any atom is -0.461 e. The van der Waals surface area contributed by atoms with Gasteiger partial charge in [0.25, 0.3) is 0 Å². The van der Waals surface area contributed by atoms with Crippen molar-refractivity contribution in [2.24, 2.45) is 17.6 Å². The second-order valence-corrected chi connectivity index (χ2v) is 5.04. The summed E-state index contributed by atoms with van der Waals surface area (Å²) in [4.78, 5) is 11.6. The Morgan fingerprint density at radius 1 is 1.31 bits per heavy atom. The minimum atomic E-state index is -0.655. The molecule has 1 rings (SSSR count). The highest BCUT2D eigenvalue weighted by Crippen LogP contribution is 2.30. The van der Waals surface area contributed by atoms with Crippen LogP contribution in [0, 0.1) is 11.8 Å². The summed E-state index contributed by atoms with van der Waals surface area (Å²) in [6.07, 6.45) is 3.16. The molecule has 1 aliphatic rings. The number of ether oxygens (including phenoxy) is 2. The Morgan fingerprint density at radius 2 is 1.88 bits per heavy atom. The Labute approximate surface area is 97.5 Å². The molecule has 0 aliphatic heterocycles. The van der Waals surface area contributed by atoms with E-state index in [0.29, 0.717) is 11.8 Å².